The zero-order chi connectivity index (χ0) is 10.4. The normalized spacial score (nSPS) is 11.1. The summed E-state index contributed by atoms with van der Waals surface area (Å²) < 4.78 is 18.2. The molecule has 2 heteroatoms. The molecule has 1 aromatic carbocycles. The van der Waals surface area contributed by atoms with Gasteiger partial charge in [0.15, 0.2) is 0 Å². The van der Waals surface area contributed by atoms with E-state index in [1.54, 1.807) is 6.92 Å². The highest BCUT2D eigenvalue weighted by atomic mass is 19.1. The van der Waals surface area contributed by atoms with E-state index in [0.717, 1.165) is 5.75 Å². The summed E-state index contributed by atoms with van der Waals surface area (Å²) in [6, 6.07) is 9.29. The molecule has 0 aliphatic carbocycles. The molecule has 0 radical (unpaired) electrons. The van der Waals surface area contributed by atoms with Gasteiger partial charge in [-0.2, -0.15) is 0 Å². The Morgan fingerprint density at radius 2 is 2.07 bits per heavy atom. The van der Waals surface area contributed by atoms with Crippen molar-refractivity contribution in [1.29, 1.82) is 0 Å². The number of hydrogen-bond acceptors (Lipinski definition) is 1. The molecule has 1 aromatic rings. The van der Waals surface area contributed by atoms with Crippen molar-refractivity contribution >= 4 is 0 Å². The summed E-state index contributed by atoms with van der Waals surface area (Å²) >= 11 is 0. The number of para-hydroxylation sites is 1. The Hall–Kier alpha value is -1.57. The summed E-state index contributed by atoms with van der Waals surface area (Å²) in [7, 11) is 0. The third kappa shape index (κ3) is 3.44. The SMILES string of the molecule is C=C(C)/C(F)=C\COc1ccccc1. The molecule has 0 heterocycles. The van der Waals surface area contributed by atoms with Gasteiger partial charge in [-0.15, -0.1) is 0 Å². The van der Waals surface area contributed by atoms with E-state index >= 15 is 0 Å². The van der Waals surface area contributed by atoms with Crippen LogP contribution in [0, 0.1) is 0 Å². The van der Waals surface area contributed by atoms with Crippen LogP contribution in [0.3, 0.4) is 0 Å². The van der Waals surface area contributed by atoms with E-state index in [1.165, 1.54) is 6.08 Å². The van der Waals surface area contributed by atoms with Crippen LogP contribution >= 0.6 is 0 Å². The molecular weight excluding hydrogens is 179 g/mol. The van der Waals surface area contributed by atoms with Gasteiger partial charge < -0.3 is 4.74 Å². The summed E-state index contributed by atoms with van der Waals surface area (Å²) in [6.07, 6.45) is 1.37. The molecule has 0 spiro atoms. The maximum absolute atomic E-state index is 12.9. The lowest BCUT2D eigenvalue weighted by Gasteiger charge is -2.02. The summed E-state index contributed by atoms with van der Waals surface area (Å²) in [5.41, 5.74) is 0.418. The molecule has 1 rings (SSSR count). The zero-order valence-electron chi connectivity index (χ0n) is 8.16. The summed E-state index contributed by atoms with van der Waals surface area (Å²) in [5, 5.41) is 0. The second-order valence-electron chi connectivity index (χ2n) is 2.96. The van der Waals surface area contributed by atoms with Gasteiger partial charge in [0, 0.05) is 0 Å². The van der Waals surface area contributed by atoms with Gasteiger partial charge in [-0.1, -0.05) is 24.8 Å². The van der Waals surface area contributed by atoms with Crippen LogP contribution in [0.4, 0.5) is 4.39 Å². The highest BCUT2D eigenvalue weighted by Crippen LogP contribution is 2.10. The molecule has 0 saturated carbocycles. The number of ether oxygens (including phenoxy) is 1. The molecule has 0 amide bonds. The fourth-order valence-corrected chi connectivity index (χ4v) is 0.902. The standard InChI is InChI=1S/C12H13FO/c1-10(2)12(13)8-9-14-11-6-4-3-5-7-11/h3-8H,1,9H2,2H3/b12-8+. The van der Waals surface area contributed by atoms with Gasteiger partial charge in [-0.3, -0.25) is 0 Å². The minimum absolute atomic E-state index is 0.225. The van der Waals surface area contributed by atoms with Crippen molar-refractivity contribution in [1.82, 2.24) is 0 Å². The first kappa shape index (κ1) is 10.5. The zero-order valence-corrected chi connectivity index (χ0v) is 8.16. The molecule has 14 heavy (non-hydrogen) atoms. The largest absolute Gasteiger partial charge is 0.489 e. The van der Waals surface area contributed by atoms with Crippen molar-refractivity contribution in [3.8, 4) is 5.75 Å². The maximum atomic E-state index is 12.9. The van der Waals surface area contributed by atoms with Crippen molar-refractivity contribution in [2.24, 2.45) is 0 Å². The number of allylic oxidation sites excluding steroid dienone is 2. The molecule has 1 nitrogen and oxygen atoms in total. The first-order chi connectivity index (χ1) is 6.70. The van der Waals surface area contributed by atoms with Crippen LogP contribution in [-0.2, 0) is 0 Å². The summed E-state index contributed by atoms with van der Waals surface area (Å²) in [4.78, 5) is 0. The van der Waals surface area contributed by atoms with Crippen molar-refractivity contribution in [2.45, 2.75) is 6.92 Å². The Labute approximate surface area is 83.5 Å². The van der Waals surface area contributed by atoms with Gasteiger partial charge >= 0.3 is 0 Å². The highest BCUT2D eigenvalue weighted by Gasteiger charge is 1.94. The van der Waals surface area contributed by atoms with Crippen LogP contribution in [0.15, 0.2) is 54.4 Å². The monoisotopic (exact) mass is 192 g/mol. The number of hydrogen-bond donors (Lipinski definition) is 0. The molecule has 0 N–H and O–H groups in total. The molecule has 0 aliphatic rings. The third-order valence-electron chi connectivity index (χ3n) is 1.66. The highest BCUT2D eigenvalue weighted by molar-refractivity contribution is 5.22. The van der Waals surface area contributed by atoms with E-state index in [2.05, 4.69) is 6.58 Å². The third-order valence-corrected chi connectivity index (χ3v) is 1.66. The van der Waals surface area contributed by atoms with Gasteiger partial charge in [-0.05, 0) is 30.7 Å². The van der Waals surface area contributed by atoms with E-state index in [-0.39, 0.29) is 12.4 Å². The topological polar surface area (TPSA) is 9.23 Å². The lowest BCUT2D eigenvalue weighted by Crippen LogP contribution is -1.94. The molecule has 74 valence electrons. The van der Waals surface area contributed by atoms with E-state index in [9.17, 15) is 4.39 Å². The van der Waals surface area contributed by atoms with Crippen molar-refractivity contribution in [3.05, 3.63) is 54.4 Å². The minimum atomic E-state index is -0.319. The molecule has 0 fully saturated rings. The fourth-order valence-electron chi connectivity index (χ4n) is 0.902. The van der Waals surface area contributed by atoms with Crippen molar-refractivity contribution in [3.63, 3.8) is 0 Å². The first-order valence-corrected chi connectivity index (χ1v) is 4.39. The van der Waals surface area contributed by atoms with E-state index in [1.807, 2.05) is 30.3 Å². The van der Waals surface area contributed by atoms with Crippen molar-refractivity contribution in [2.75, 3.05) is 6.61 Å². The Balaban J connectivity index is 2.43. The molecule has 0 aromatic heterocycles. The molecule has 0 bridgehead atoms. The molecule has 0 saturated heterocycles. The van der Waals surface area contributed by atoms with Crippen LogP contribution in [0.2, 0.25) is 0 Å². The van der Waals surface area contributed by atoms with Crippen LogP contribution in [0.1, 0.15) is 6.92 Å². The molecule has 0 unspecified atom stereocenters. The maximum Gasteiger partial charge on any atom is 0.124 e. The van der Waals surface area contributed by atoms with E-state index in [4.69, 9.17) is 4.74 Å². The average molecular weight is 192 g/mol. The van der Waals surface area contributed by atoms with Gasteiger partial charge in [0.25, 0.3) is 0 Å². The fraction of sp³-hybridized carbons (Fsp3) is 0.167. The van der Waals surface area contributed by atoms with Crippen molar-refractivity contribution < 1.29 is 9.13 Å². The number of rotatable bonds is 4. The number of halogens is 1. The second kappa shape index (κ2) is 5.22. The molecule has 0 aliphatic heterocycles. The van der Waals surface area contributed by atoms with Crippen LogP contribution < -0.4 is 4.74 Å². The van der Waals surface area contributed by atoms with Crippen LogP contribution in [0.5, 0.6) is 5.75 Å². The summed E-state index contributed by atoms with van der Waals surface area (Å²) in [6.45, 7) is 5.33. The van der Waals surface area contributed by atoms with Crippen LogP contribution in [-0.4, -0.2) is 6.61 Å². The smallest absolute Gasteiger partial charge is 0.124 e. The lowest BCUT2D eigenvalue weighted by atomic mass is 10.3. The molecular formula is C12H13FO. The Bertz CT molecular complexity index is 327. The minimum Gasteiger partial charge on any atom is -0.489 e. The molecule has 0 atom stereocenters. The first-order valence-electron chi connectivity index (χ1n) is 4.39. The van der Waals surface area contributed by atoms with Gasteiger partial charge in [0.05, 0.1) is 0 Å². The average Bonchev–Trinajstić information content (AvgIpc) is 2.19. The van der Waals surface area contributed by atoms with Crippen LogP contribution in [0.25, 0.3) is 0 Å². The quantitative estimate of drug-likeness (QED) is 0.663. The predicted octanol–water partition coefficient (Wildman–Crippen LogP) is 3.49. The number of benzene rings is 1. The van der Waals surface area contributed by atoms with E-state index < -0.39 is 0 Å². The Kier molecular flexibility index (Phi) is 3.92. The Morgan fingerprint density at radius 1 is 1.43 bits per heavy atom. The summed E-state index contributed by atoms with van der Waals surface area (Å²) in [5.74, 6) is 0.416. The lowest BCUT2D eigenvalue weighted by molar-refractivity contribution is 0.359. The van der Waals surface area contributed by atoms with Gasteiger partial charge in [-0.25, -0.2) is 4.39 Å². The second-order valence-corrected chi connectivity index (χ2v) is 2.96. The predicted molar refractivity (Wildman–Crippen MR) is 55.9 cm³/mol. The van der Waals surface area contributed by atoms with Gasteiger partial charge in [0.1, 0.15) is 18.2 Å². The van der Waals surface area contributed by atoms with Gasteiger partial charge in [0.2, 0.25) is 0 Å². The Morgan fingerprint density at radius 3 is 2.64 bits per heavy atom. The van der Waals surface area contributed by atoms with E-state index in [0.29, 0.717) is 5.57 Å².